The highest BCUT2D eigenvalue weighted by Crippen LogP contribution is 2.37. The van der Waals surface area contributed by atoms with E-state index in [0.717, 1.165) is 0 Å². The maximum Gasteiger partial charge on any atom is 0.311 e. The minimum Gasteiger partial charge on any atom is -0.465 e. The van der Waals surface area contributed by atoms with Gasteiger partial charge in [-0.2, -0.15) is 12.6 Å². The van der Waals surface area contributed by atoms with E-state index in [1.165, 1.54) is 0 Å². The highest BCUT2D eigenvalue weighted by molar-refractivity contribution is 7.80. The lowest BCUT2D eigenvalue weighted by atomic mass is 9.72. The maximum absolute atomic E-state index is 12.1. The van der Waals surface area contributed by atoms with Crippen LogP contribution in [0.5, 0.6) is 0 Å². The van der Waals surface area contributed by atoms with Crippen molar-refractivity contribution in [2.75, 3.05) is 12.4 Å². The molecule has 0 aromatic carbocycles. The molecule has 4 nitrogen and oxygen atoms in total. The average Bonchev–Trinajstić information content (AvgIpc) is 2.34. The van der Waals surface area contributed by atoms with Crippen molar-refractivity contribution in [2.24, 2.45) is 22.5 Å². The number of ether oxygens (including phenoxy) is 1. The van der Waals surface area contributed by atoms with Gasteiger partial charge in [0.15, 0.2) is 0 Å². The van der Waals surface area contributed by atoms with Gasteiger partial charge in [-0.15, -0.1) is 0 Å². The number of esters is 1. The quantitative estimate of drug-likeness (QED) is 0.532. The minimum absolute atomic E-state index is 0.219. The zero-order valence-corrected chi connectivity index (χ0v) is 13.5. The lowest BCUT2D eigenvalue weighted by Gasteiger charge is -2.33. The van der Waals surface area contributed by atoms with Gasteiger partial charge in [-0.05, 0) is 38.4 Å². The van der Waals surface area contributed by atoms with Gasteiger partial charge in [0.1, 0.15) is 0 Å². The van der Waals surface area contributed by atoms with Gasteiger partial charge in [-0.25, -0.2) is 0 Å². The van der Waals surface area contributed by atoms with Crippen LogP contribution in [0.2, 0.25) is 0 Å². The second-order valence-electron chi connectivity index (χ2n) is 6.23. The van der Waals surface area contributed by atoms with Gasteiger partial charge in [0.05, 0.1) is 12.0 Å². The molecule has 0 heterocycles. The monoisotopic (exact) mass is 289 g/mol. The zero-order chi connectivity index (χ0) is 15.3. The molecule has 0 aliphatic rings. The normalized spacial score (nSPS) is 16.5. The fourth-order valence-electron chi connectivity index (χ4n) is 1.90. The lowest BCUT2D eigenvalue weighted by Crippen LogP contribution is -2.41. The molecule has 19 heavy (non-hydrogen) atoms. The Bertz CT molecular complexity index is 331. The van der Waals surface area contributed by atoms with Crippen LogP contribution in [-0.2, 0) is 14.3 Å². The molecule has 112 valence electrons. The molecule has 0 saturated carbocycles. The first-order valence-corrected chi connectivity index (χ1v) is 7.30. The van der Waals surface area contributed by atoms with Crippen LogP contribution >= 0.6 is 12.6 Å². The zero-order valence-electron chi connectivity index (χ0n) is 12.7. The number of rotatable bonds is 8. The second-order valence-corrected chi connectivity index (χ2v) is 6.59. The molecule has 0 fully saturated rings. The molecule has 0 aromatic heterocycles. The number of hydrogen-bond donors (Lipinski definition) is 2. The summed E-state index contributed by atoms with van der Waals surface area (Å²) < 4.78 is 5.29. The Labute approximate surface area is 121 Å². The Kier molecular flexibility index (Phi) is 6.91. The predicted octanol–water partition coefficient (Wildman–Crippen LogP) is 2.41. The molecule has 0 saturated heterocycles. The number of hydrogen-bond acceptors (Lipinski definition) is 4. The molecule has 2 N–H and O–H groups in total. The Balaban J connectivity index is 4.69. The van der Waals surface area contributed by atoms with E-state index in [2.05, 4.69) is 12.6 Å². The summed E-state index contributed by atoms with van der Waals surface area (Å²) in [6.45, 7) is 9.59. The largest absolute Gasteiger partial charge is 0.465 e. The van der Waals surface area contributed by atoms with Crippen LogP contribution in [0, 0.1) is 16.7 Å². The van der Waals surface area contributed by atoms with Crippen LogP contribution in [0.25, 0.3) is 0 Å². The number of amides is 1. The third-order valence-electron chi connectivity index (χ3n) is 3.57. The molecule has 0 bridgehead atoms. The molecule has 0 radical (unpaired) electrons. The number of primary amides is 1. The summed E-state index contributed by atoms with van der Waals surface area (Å²) in [5.74, 6) is 0.222. The summed E-state index contributed by atoms with van der Waals surface area (Å²) >= 11 is 4.15. The SMILES string of the molecule is CCC(C)(CC(C)(C)C(=O)OCC(C)CS)C(N)=O. The van der Waals surface area contributed by atoms with Crippen molar-refractivity contribution in [3.05, 3.63) is 0 Å². The van der Waals surface area contributed by atoms with Crippen LogP contribution in [0.4, 0.5) is 0 Å². The van der Waals surface area contributed by atoms with Gasteiger partial charge in [0.25, 0.3) is 0 Å². The van der Waals surface area contributed by atoms with Gasteiger partial charge < -0.3 is 10.5 Å². The third-order valence-corrected chi connectivity index (χ3v) is 4.19. The molecule has 0 spiro atoms. The molecular weight excluding hydrogens is 262 g/mol. The van der Waals surface area contributed by atoms with Crippen LogP contribution < -0.4 is 5.73 Å². The number of thiol groups is 1. The van der Waals surface area contributed by atoms with Crippen molar-refractivity contribution in [1.29, 1.82) is 0 Å². The van der Waals surface area contributed by atoms with E-state index in [0.29, 0.717) is 25.2 Å². The number of carbonyl (C=O) groups is 2. The van der Waals surface area contributed by atoms with E-state index in [-0.39, 0.29) is 17.8 Å². The standard InChI is InChI=1S/C14H27NO3S/c1-6-14(5,11(15)16)9-13(3,4)12(17)18-7-10(2)8-19/h10,19H,6-9H2,1-5H3,(H2,15,16). The molecule has 5 heteroatoms. The molecule has 1 amide bonds. The lowest BCUT2D eigenvalue weighted by molar-refractivity contribution is -0.157. The number of carbonyl (C=O) groups excluding carboxylic acids is 2. The van der Waals surface area contributed by atoms with Crippen LogP contribution in [0.1, 0.15) is 47.5 Å². The first-order valence-electron chi connectivity index (χ1n) is 6.67. The highest BCUT2D eigenvalue weighted by atomic mass is 32.1. The Hall–Kier alpha value is -0.710. The van der Waals surface area contributed by atoms with Crippen molar-refractivity contribution < 1.29 is 14.3 Å². The summed E-state index contributed by atoms with van der Waals surface area (Å²) in [4.78, 5) is 23.6. The van der Waals surface area contributed by atoms with E-state index in [1.54, 1.807) is 20.8 Å². The molecule has 0 aliphatic carbocycles. The fourth-order valence-corrected chi connectivity index (χ4v) is 2.01. The van der Waals surface area contributed by atoms with Gasteiger partial charge in [-0.1, -0.05) is 20.8 Å². The third kappa shape index (κ3) is 5.43. The van der Waals surface area contributed by atoms with E-state index in [4.69, 9.17) is 10.5 Å². The molecule has 0 aromatic rings. The fraction of sp³-hybridized carbons (Fsp3) is 0.857. The summed E-state index contributed by atoms with van der Waals surface area (Å²) in [6, 6.07) is 0. The van der Waals surface area contributed by atoms with Crippen molar-refractivity contribution in [3.63, 3.8) is 0 Å². The van der Waals surface area contributed by atoms with Crippen molar-refractivity contribution in [3.8, 4) is 0 Å². The van der Waals surface area contributed by atoms with Crippen LogP contribution in [0.3, 0.4) is 0 Å². The summed E-state index contributed by atoms with van der Waals surface area (Å²) in [5, 5.41) is 0. The van der Waals surface area contributed by atoms with Crippen LogP contribution in [-0.4, -0.2) is 24.2 Å². The second kappa shape index (κ2) is 7.17. The Morgan fingerprint density at radius 1 is 1.32 bits per heavy atom. The van der Waals surface area contributed by atoms with Crippen LogP contribution in [0.15, 0.2) is 0 Å². The maximum atomic E-state index is 12.1. The molecule has 0 aliphatic heterocycles. The average molecular weight is 289 g/mol. The summed E-state index contributed by atoms with van der Waals surface area (Å²) in [6.07, 6.45) is 0.992. The molecule has 2 atom stereocenters. The Morgan fingerprint density at radius 2 is 1.84 bits per heavy atom. The van der Waals surface area contributed by atoms with Gasteiger partial charge >= 0.3 is 5.97 Å². The van der Waals surface area contributed by atoms with Gasteiger partial charge in [0, 0.05) is 5.41 Å². The molecular formula is C14H27NO3S. The van der Waals surface area contributed by atoms with Crippen molar-refractivity contribution in [2.45, 2.75) is 47.5 Å². The smallest absolute Gasteiger partial charge is 0.311 e. The molecule has 2 unspecified atom stereocenters. The van der Waals surface area contributed by atoms with Gasteiger partial charge in [-0.3, -0.25) is 9.59 Å². The summed E-state index contributed by atoms with van der Waals surface area (Å²) in [5.41, 5.74) is 4.02. The summed E-state index contributed by atoms with van der Waals surface area (Å²) in [7, 11) is 0. The van der Waals surface area contributed by atoms with Gasteiger partial charge in [0.2, 0.25) is 5.91 Å². The first kappa shape index (κ1) is 18.3. The topological polar surface area (TPSA) is 69.4 Å². The highest BCUT2D eigenvalue weighted by Gasteiger charge is 2.40. The predicted molar refractivity (Wildman–Crippen MR) is 80.0 cm³/mol. The van der Waals surface area contributed by atoms with E-state index in [1.807, 2.05) is 13.8 Å². The minimum atomic E-state index is -0.726. The molecule has 0 rings (SSSR count). The van der Waals surface area contributed by atoms with E-state index >= 15 is 0 Å². The van der Waals surface area contributed by atoms with E-state index in [9.17, 15) is 9.59 Å². The first-order chi connectivity index (χ1) is 8.59. The van der Waals surface area contributed by atoms with Crippen molar-refractivity contribution in [1.82, 2.24) is 0 Å². The van der Waals surface area contributed by atoms with Crippen molar-refractivity contribution >= 4 is 24.5 Å². The number of nitrogens with two attached hydrogens (primary N) is 1. The Morgan fingerprint density at radius 3 is 2.21 bits per heavy atom. The van der Waals surface area contributed by atoms with E-state index < -0.39 is 10.8 Å².